The average Bonchev–Trinajstić information content (AvgIpc) is 2.47. The van der Waals surface area contributed by atoms with Gasteiger partial charge < -0.3 is 5.32 Å². The molecule has 0 aliphatic heterocycles. The van der Waals surface area contributed by atoms with E-state index in [4.69, 9.17) is 11.6 Å². The van der Waals surface area contributed by atoms with E-state index in [1.165, 1.54) is 23.9 Å². The molecule has 0 unspecified atom stereocenters. The molecule has 0 heterocycles. The number of benzene rings is 2. The van der Waals surface area contributed by atoms with E-state index in [-0.39, 0.29) is 11.7 Å². The fourth-order valence-electron chi connectivity index (χ4n) is 1.74. The topological polar surface area (TPSA) is 29.1 Å². The third-order valence-electron chi connectivity index (χ3n) is 2.79. The molecular formula is C16H15ClFNOS. The van der Waals surface area contributed by atoms with Gasteiger partial charge in [0.15, 0.2) is 0 Å². The first-order chi connectivity index (χ1) is 10.1. The van der Waals surface area contributed by atoms with Crippen molar-refractivity contribution in [3.8, 4) is 0 Å². The van der Waals surface area contributed by atoms with Crippen LogP contribution in [0, 0.1) is 5.82 Å². The summed E-state index contributed by atoms with van der Waals surface area (Å²) in [5, 5.41) is 3.50. The van der Waals surface area contributed by atoms with E-state index < -0.39 is 0 Å². The molecule has 2 nitrogen and oxygen atoms in total. The Kier molecular flexibility index (Phi) is 6.08. The van der Waals surface area contributed by atoms with Gasteiger partial charge in [-0.15, -0.1) is 11.8 Å². The third kappa shape index (κ3) is 5.78. The van der Waals surface area contributed by atoms with Crippen molar-refractivity contribution in [2.75, 3.05) is 5.75 Å². The molecule has 1 N–H and O–H groups in total. The number of nitrogens with one attached hydrogen (secondary N) is 1. The van der Waals surface area contributed by atoms with Crippen LogP contribution in [0.15, 0.2) is 48.5 Å². The predicted molar refractivity (Wildman–Crippen MR) is 85.9 cm³/mol. The van der Waals surface area contributed by atoms with Crippen LogP contribution in [-0.4, -0.2) is 11.7 Å². The fraction of sp³-hybridized carbons (Fsp3) is 0.188. The Morgan fingerprint density at radius 2 is 1.90 bits per heavy atom. The lowest BCUT2D eigenvalue weighted by Gasteiger charge is -2.06. The van der Waals surface area contributed by atoms with E-state index in [1.807, 2.05) is 18.2 Å². The van der Waals surface area contributed by atoms with E-state index in [0.29, 0.717) is 23.1 Å². The van der Waals surface area contributed by atoms with Gasteiger partial charge in [0.2, 0.25) is 5.91 Å². The van der Waals surface area contributed by atoms with E-state index in [9.17, 15) is 9.18 Å². The molecule has 5 heteroatoms. The smallest absolute Gasteiger partial charge is 0.230 e. The molecule has 0 spiro atoms. The van der Waals surface area contributed by atoms with Crippen molar-refractivity contribution in [2.24, 2.45) is 0 Å². The van der Waals surface area contributed by atoms with Crippen LogP contribution in [0.5, 0.6) is 0 Å². The quantitative estimate of drug-likeness (QED) is 0.869. The van der Waals surface area contributed by atoms with E-state index in [2.05, 4.69) is 5.32 Å². The summed E-state index contributed by atoms with van der Waals surface area (Å²) in [5.41, 5.74) is 1.98. The van der Waals surface area contributed by atoms with Crippen molar-refractivity contribution in [3.05, 3.63) is 70.5 Å². The highest BCUT2D eigenvalue weighted by Gasteiger charge is 2.03. The maximum absolute atomic E-state index is 12.7. The van der Waals surface area contributed by atoms with Crippen LogP contribution in [-0.2, 0) is 17.1 Å². The fourth-order valence-corrected chi connectivity index (χ4v) is 2.77. The molecule has 0 aromatic heterocycles. The van der Waals surface area contributed by atoms with E-state index in [0.717, 1.165) is 11.1 Å². The Bertz CT molecular complexity index is 603. The van der Waals surface area contributed by atoms with Gasteiger partial charge in [-0.3, -0.25) is 4.79 Å². The number of carbonyl (C=O) groups excluding carboxylic acids is 1. The molecular weight excluding hydrogens is 309 g/mol. The maximum Gasteiger partial charge on any atom is 0.230 e. The monoisotopic (exact) mass is 323 g/mol. The largest absolute Gasteiger partial charge is 0.351 e. The zero-order valence-corrected chi connectivity index (χ0v) is 12.9. The third-order valence-corrected chi connectivity index (χ3v) is 4.03. The average molecular weight is 324 g/mol. The van der Waals surface area contributed by atoms with E-state index in [1.54, 1.807) is 18.2 Å². The number of carbonyl (C=O) groups is 1. The van der Waals surface area contributed by atoms with Crippen LogP contribution in [0.4, 0.5) is 4.39 Å². The molecule has 2 aromatic rings. The lowest BCUT2D eigenvalue weighted by Crippen LogP contribution is -2.24. The highest BCUT2D eigenvalue weighted by molar-refractivity contribution is 7.99. The molecule has 0 atom stereocenters. The van der Waals surface area contributed by atoms with Gasteiger partial charge >= 0.3 is 0 Å². The van der Waals surface area contributed by atoms with Gasteiger partial charge in [-0.25, -0.2) is 4.39 Å². The molecule has 1 amide bonds. The minimum absolute atomic E-state index is 0.0258. The number of thioether (sulfide) groups is 1. The predicted octanol–water partition coefficient (Wildman–Crippen LogP) is 4.03. The second-order valence-electron chi connectivity index (χ2n) is 4.53. The number of halogens is 2. The van der Waals surface area contributed by atoms with Gasteiger partial charge in [0.25, 0.3) is 0 Å². The van der Waals surface area contributed by atoms with Crippen LogP contribution in [0.1, 0.15) is 11.1 Å². The summed E-state index contributed by atoms with van der Waals surface area (Å²) in [6, 6.07) is 13.7. The minimum atomic E-state index is -0.247. The Morgan fingerprint density at radius 3 is 2.62 bits per heavy atom. The summed E-state index contributed by atoms with van der Waals surface area (Å²) >= 11 is 7.38. The first-order valence-electron chi connectivity index (χ1n) is 6.47. The molecule has 0 aliphatic rings. The summed E-state index contributed by atoms with van der Waals surface area (Å²) in [4.78, 5) is 11.7. The SMILES string of the molecule is O=C(CSCc1ccc(F)cc1)NCc1cccc(Cl)c1. The highest BCUT2D eigenvalue weighted by atomic mass is 35.5. The molecule has 0 saturated carbocycles. The Balaban J connectivity index is 1.69. The lowest BCUT2D eigenvalue weighted by atomic mass is 10.2. The van der Waals surface area contributed by atoms with E-state index >= 15 is 0 Å². The summed E-state index contributed by atoms with van der Waals surface area (Å²) < 4.78 is 12.7. The van der Waals surface area contributed by atoms with Gasteiger partial charge in [-0.05, 0) is 35.4 Å². The standard InChI is InChI=1S/C16H15ClFNOS/c17-14-3-1-2-13(8-14)9-19-16(20)11-21-10-12-4-6-15(18)7-5-12/h1-8H,9-11H2,(H,19,20). The highest BCUT2D eigenvalue weighted by Crippen LogP contribution is 2.13. The van der Waals surface area contributed by atoms with Crippen LogP contribution in [0.3, 0.4) is 0 Å². The molecule has 0 saturated heterocycles. The lowest BCUT2D eigenvalue weighted by molar-refractivity contribution is -0.118. The molecule has 0 radical (unpaired) electrons. The summed E-state index contributed by atoms with van der Waals surface area (Å²) in [6.07, 6.45) is 0. The Labute approximate surface area is 132 Å². The number of amides is 1. The second kappa shape index (κ2) is 8.05. The first kappa shape index (κ1) is 15.9. The molecule has 21 heavy (non-hydrogen) atoms. The van der Waals surface area contributed by atoms with Gasteiger partial charge in [-0.2, -0.15) is 0 Å². The minimum Gasteiger partial charge on any atom is -0.351 e. The zero-order chi connectivity index (χ0) is 15.1. The van der Waals surface area contributed by atoms with Crippen molar-refractivity contribution < 1.29 is 9.18 Å². The number of hydrogen-bond donors (Lipinski definition) is 1. The first-order valence-corrected chi connectivity index (χ1v) is 8.00. The Morgan fingerprint density at radius 1 is 1.14 bits per heavy atom. The van der Waals surface area contributed by atoms with Crippen molar-refractivity contribution in [1.29, 1.82) is 0 Å². The van der Waals surface area contributed by atoms with Crippen molar-refractivity contribution in [1.82, 2.24) is 5.32 Å². The van der Waals surface area contributed by atoms with Crippen LogP contribution < -0.4 is 5.32 Å². The molecule has 110 valence electrons. The van der Waals surface area contributed by atoms with Crippen molar-refractivity contribution >= 4 is 29.3 Å². The zero-order valence-electron chi connectivity index (χ0n) is 11.3. The van der Waals surface area contributed by atoms with Crippen LogP contribution >= 0.6 is 23.4 Å². The maximum atomic E-state index is 12.7. The molecule has 2 aromatic carbocycles. The molecule has 0 aliphatic carbocycles. The van der Waals surface area contributed by atoms with Crippen molar-refractivity contribution in [2.45, 2.75) is 12.3 Å². The molecule has 2 rings (SSSR count). The number of rotatable bonds is 6. The van der Waals surface area contributed by atoms with Gasteiger partial charge in [-0.1, -0.05) is 35.9 Å². The molecule has 0 fully saturated rings. The summed E-state index contributed by atoms with van der Waals surface area (Å²) in [6.45, 7) is 0.469. The van der Waals surface area contributed by atoms with Gasteiger partial charge in [0, 0.05) is 17.3 Å². The van der Waals surface area contributed by atoms with Crippen molar-refractivity contribution in [3.63, 3.8) is 0 Å². The summed E-state index contributed by atoms with van der Waals surface area (Å²) in [7, 11) is 0. The Hall–Kier alpha value is -1.52. The molecule has 0 bridgehead atoms. The normalized spacial score (nSPS) is 10.4. The van der Waals surface area contributed by atoms with Crippen LogP contribution in [0.2, 0.25) is 5.02 Å². The number of hydrogen-bond acceptors (Lipinski definition) is 2. The van der Waals surface area contributed by atoms with Gasteiger partial charge in [0.05, 0.1) is 5.75 Å². The van der Waals surface area contributed by atoms with Gasteiger partial charge in [0.1, 0.15) is 5.82 Å². The summed E-state index contributed by atoms with van der Waals surface area (Å²) in [5.74, 6) is 0.785. The van der Waals surface area contributed by atoms with Crippen LogP contribution in [0.25, 0.3) is 0 Å². The second-order valence-corrected chi connectivity index (χ2v) is 5.95.